The SMILES string of the molecule is O=C(CCC1CCCCN1)NC(CO)CO. The third-order valence-corrected chi connectivity index (χ3v) is 2.94. The van der Waals surface area contributed by atoms with Crippen molar-refractivity contribution >= 4 is 5.91 Å². The van der Waals surface area contributed by atoms with Crippen LogP contribution in [0.5, 0.6) is 0 Å². The van der Waals surface area contributed by atoms with Gasteiger partial charge in [-0.1, -0.05) is 6.42 Å². The van der Waals surface area contributed by atoms with E-state index in [1.807, 2.05) is 0 Å². The van der Waals surface area contributed by atoms with Gasteiger partial charge in [0.05, 0.1) is 19.3 Å². The molecule has 0 aromatic carbocycles. The molecule has 4 N–H and O–H groups in total. The van der Waals surface area contributed by atoms with Gasteiger partial charge in [-0.15, -0.1) is 0 Å². The molecule has 1 atom stereocenters. The zero-order valence-corrected chi connectivity index (χ0v) is 9.61. The van der Waals surface area contributed by atoms with Crippen molar-refractivity contribution < 1.29 is 15.0 Å². The van der Waals surface area contributed by atoms with Crippen molar-refractivity contribution in [3.63, 3.8) is 0 Å². The first kappa shape index (κ1) is 13.4. The van der Waals surface area contributed by atoms with Gasteiger partial charge in [0.1, 0.15) is 0 Å². The molecule has 0 saturated carbocycles. The number of aliphatic hydroxyl groups excluding tert-OH is 2. The summed E-state index contributed by atoms with van der Waals surface area (Å²) in [6.07, 6.45) is 4.87. The van der Waals surface area contributed by atoms with Crippen molar-refractivity contribution in [2.45, 2.75) is 44.2 Å². The number of piperidine rings is 1. The van der Waals surface area contributed by atoms with Crippen LogP contribution in [0.15, 0.2) is 0 Å². The van der Waals surface area contributed by atoms with Crippen molar-refractivity contribution in [1.29, 1.82) is 0 Å². The molecule has 1 saturated heterocycles. The lowest BCUT2D eigenvalue weighted by atomic mass is 10.0. The number of rotatable bonds is 6. The lowest BCUT2D eigenvalue weighted by Crippen LogP contribution is -2.41. The van der Waals surface area contributed by atoms with Gasteiger partial charge >= 0.3 is 0 Å². The number of aliphatic hydroxyl groups is 2. The number of carbonyl (C=O) groups excluding carboxylic acids is 1. The van der Waals surface area contributed by atoms with Gasteiger partial charge in [-0.2, -0.15) is 0 Å². The number of hydrogen-bond donors (Lipinski definition) is 4. The lowest BCUT2D eigenvalue weighted by Gasteiger charge is -2.23. The zero-order valence-electron chi connectivity index (χ0n) is 9.61. The van der Waals surface area contributed by atoms with Crippen LogP contribution < -0.4 is 10.6 Å². The molecule has 0 bridgehead atoms. The molecule has 1 heterocycles. The Morgan fingerprint density at radius 3 is 2.69 bits per heavy atom. The van der Waals surface area contributed by atoms with Crippen LogP contribution in [0.3, 0.4) is 0 Å². The predicted molar refractivity (Wildman–Crippen MR) is 61.0 cm³/mol. The van der Waals surface area contributed by atoms with Crippen LogP contribution in [-0.4, -0.2) is 48.0 Å². The largest absolute Gasteiger partial charge is 0.394 e. The van der Waals surface area contributed by atoms with Crippen molar-refractivity contribution in [2.24, 2.45) is 0 Å². The average molecular weight is 230 g/mol. The van der Waals surface area contributed by atoms with E-state index in [1.54, 1.807) is 0 Å². The van der Waals surface area contributed by atoms with Crippen molar-refractivity contribution in [2.75, 3.05) is 19.8 Å². The fourth-order valence-corrected chi connectivity index (χ4v) is 1.92. The smallest absolute Gasteiger partial charge is 0.220 e. The van der Waals surface area contributed by atoms with E-state index in [2.05, 4.69) is 10.6 Å². The second-order valence-corrected chi connectivity index (χ2v) is 4.32. The third-order valence-electron chi connectivity index (χ3n) is 2.94. The van der Waals surface area contributed by atoms with E-state index in [9.17, 15) is 4.79 Å². The Morgan fingerprint density at radius 2 is 2.12 bits per heavy atom. The van der Waals surface area contributed by atoms with Gasteiger partial charge < -0.3 is 20.8 Å². The monoisotopic (exact) mass is 230 g/mol. The van der Waals surface area contributed by atoms with Crippen LogP contribution in [0, 0.1) is 0 Å². The molecule has 0 aromatic rings. The van der Waals surface area contributed by atoms with Crippen LogP contribution in [-0.2, 0) is 4.79 Å². The summed E-state index contributed by atoms with van der Waals surface area (Å²) in [5.74, 6) is -0.0968. The maximum Gasteiger partial charge on any atom is 0.220 e. The van der Waals surface area contributed by atoms with E-state index in [1.165, 1.54) is 12.8 Å². The predicted octanol–water partition coefficient (Wildman–Crippen LogP) is -0.622. The molecule has 1 fully saturated rings. The topological polar surface area (TPSA) is 81.6 Å². The normalized spacial score (nSPS) is 21.1. The molecule has 16 heavy (non-hydrogen) atoms. The zero-order chi connectivity index (χ0) is 11.8. The minimum atomic E-state index is -0.521. The van der Waals surface area contributed by atoms with E-state index in [-0.39, 0.29) is 19.1 Å². The second-order valence-electron chi connectivity index (χ2n) is 4.32. The summed E-state index contributed by atoms with van der Waals surface area (Å²) in [6.45, 7) is 0.607. The van der Waals surface area contributed by atoms with E-state index in [0.717, 1.165) is 19.4 Å². The van der Waals surface area contributed by atoms with Gasteiger partial charge in [0.15, 0.2) is 0 Å². The van der Waals surface area contributed by atoms with Crippen LogP contribution in [0.2, 0.25) is 0 Å². The lowest BCUT2D eigenvalue weighted by molar-refractivity contribution is -0.122. The van der Waals surface area contributed by atoms with Crippen molar-refractivity contribution in [3.8, 4) is 0 Å². The molecule has 5 nitrogen and oxygen atoms in total. The molecular weight excluding hydrogens is 208 g/mol. The highest BCUT2D eigenvalue weighted by Gasteiger charge is 2.15. The Hall–Kier alpha value is -0.650. The molecule has 0 aromatic heterocycles. The maximum absolute atomic E-state index is 11.5. The number of hydrogen-bond acceptors (Lipinski definition) is 4. The molecule has 5 heteroatoms. The summed E-state index contributed by atoms with van der Waals surface area (Å²) in [5, 5.41) is 23.6. The van der Waals surface area contributed by atoms with Crippen LogP contribution in [0.25, 0.3) is 0 Å². The van der Waals surface area contributed by atoms with Gasteiger partial charge in [0.25, 0.3) is 0 Å². The molecule has 0 spiro atoms. The summed E-state index contributed by atoms with van der Waals surface area (Å²) >= 11 is 0. The summed E-state index contributed by atoms with van der Waals surface area (Å²) < 4.78 is 0. The third kappa shape index (κ3) is 4.92. The highest BCUT2D eigenvalue weighted by atomic mass is 16.3. The van der Waals surface area contributed by atoms with E-state index < -0.39 is 6.04 Å². The minimum Gasteiger partial charge on any atom is -0.394 e. The van der Waals surface area contributed by atoms with E-state index in [4.69, 9.17) is 10.2 Å². The first-order valence-electron chi connectivity index (χ1n) is 6.00. The van der Waals surface area contributed by atoms with Crippen LogP contribution in [0.4, 0.5) is 0 Å². The molecule has 1 unspecified atom stereocenters. The standard InChI is InChI=1S/C11H22N2O3/c14-7-10(8-15)13-11(16)5-4-9-3-1-2-6-12-9/h9-10,12,14-15H,1-8H2,(H,13,16). The number of carbonyl (C=O) groups is 1. The number of nitrogens with one attached hydrogen (secondary N) is 2. The second kappa shape index (κ2) is 7.60. The van der Waals surface area contributed by atoms with Gasteiger partial charge in [-0.05, 0) is 25.8 Å². The van der Waals surface area contributed by atoms with Gasteiger partial charge in [0, 0.05) is 12.5 Å². The summed E-state index contributed by atoms with van der Waals surface area (Å²) in [4.78, 5) is 11.5. The number of amides is 1. The highest BCUT2D eigenvalue weighted by molar-refractivity contribution is 5.76. The summed E-state index contributed by atoms with van der Waals surface area (Å²) in [7, 11) is 0. The van der Waals surface area contributed by atoms with Crippen LogP contribution >= 0.6 is 0 Å². The summed E-state index contributed by atoms with van der Waals surface area (Å²) in [6, 6.07) is -0.0759. The fourth-order valence-electron chi connectivity index (χ4n) is 1.92. The molecular formula is C11H22N2O3. The van der Waals surface area contributed by atoms with Crippen LogP contribution in [0.1, 0.15) is 32.1 Å². The van der Waals surface area contributed by atoms with Crippen molar-refractivity contribution in [3.05, 3.63) is 0 Å². The quantitative estimate of drug-likeness (QED) is 0.490. The first-order valence-corrected chi connectivity index (χ1v) is 6.00. The van der Waals surface area contributed by atoms with E-state index in [0.29, 0.717) is 12.5 Å². The Balaban J connectivity index is 2.13. The minimum absolute atomic E-state index is 0.0968. The molecule has 1 aliphatic rings. The summed E-state index contributed by atoms with van der Waals surface area (Å²) in [5.41, 5.74) is 0. The van der Waals surface area contributed by atoms with Crippen molar-refractivity contribution in [1.82, 2.24) is 10.6 Å². The highest BCUT2D eigenvalue weighted by Crippen LogP contribution is 2.11. The Labute approximate surface area is 96.2 Å². The molecule has 94 valence electrons. The average Bonchev–Trinajstić information content (AvgIpc) is 2.34. The molecule has 1 aliphatic heterocycles. The Morgan fingerprint density at radius 1 is 1.38 bits per heavy atom. The Kier molecular flexibility index (Phi) is 6.37. The molecule has 0 aliphatic carbocycles. The molecule has 1 amide bonds. The van der Waals surface area contributed by atoms with Gasteiger partial charge in [0.2, 0.25) is 5.91 Å². The molecule has 1 rings (SSSR count). The Bertz CT molecular complexity index is 201. The van der Waals surface area contributed by atoms with E-state index >= 15 is 0 Å². The fraction of sp³-hybridized carbons (Fsp3) is 0.909. The van der Waals surface area contributed by atoms with Gasteiger partial charge in [-0.25, -0.2) is 0 Å². The van der Waals surface area contributed by atoms with Gasteiger partial charge in [-0.3, -0.25) is 4.79 Å². The maximum atomic E-state index is 11.5. The molecule has 0 radical (unpaired) electrons. The first-order chi connectivity index (χ1) is 7.76.